The predicted molar refractivity (Wildman–Crippen MR) is 90.2 cm³/mol. The normalized spacial score (nSPS) is 20.7. The van der Waals surface area contributed by atoms with Crippen molar-refractivity contribution in [2.45, 2.75) is 20.8 Å². The molecular formula is C18H27N3O. The third-order valence-electron chi connectivity index (χ3n) is 5.42. The first-order valence-electron chi connectivity index (χ1n) is 8.38. The summed E-state index contributed by atoms with van der Waals surface area (Å²) in [6.07, 6.45) is 0. The third kappa shape index (κ3) is 2.84. The van der Waals surface area contributed by atoms with Gasteiger partial charge >= 0.3 is 0 Å². The minimum Gasteiger partial charge on any atom is -0.368 e. The van der Waals surface area contributed by atoms with Gasteiger partial charge in [0.25, 0.3) is 0 Å². The maximum atomic E-state index is 12.6. The summed E-state index contributed by atoms with van der Waals surface area (Å²) in [5.41, 5.74) is 4.02. The highest BCUT2D eigenvalue weighted by molar-refractivity contribution is 5.79. The Morgan fingerprint density at radius 1 is 1.18 bits per heavy atom. The Kier molecular flexibility index (Phi) is 4.39. The van der Waals surface area contributed by atoms with Crippen LogP contribution in [0, 0.1) is 25.7 Å². The maximum Gasteiger partial charge on any atom is 0.225 e. The van der Waals surface area contributed by atoms with Gasteiger partial charge in [0.2, 0.25) is 5.91 Å². The first-order chi connectivity index (χ1) is 10.6. The fraction of sp³-hybridized carbons (Fsp3) is 0.611. The third-order valence-corrected chi connectivity index (χ3v) is 5.42. The van der Waals surface area contributed by atoms with Crippen molar-refractivity contribution in [3.8, 4) is 0 Å². The van der Waals surface area contributed by atoms with Crippen molar-refractivity contribution in [2.24, 2.45) is 11.8 Å². The summed E-state index contributed by atoms with van der Waals surface area (Å²) in [5, 5.41) is 3.26. The fourth-order valence-electron chi connectivity index (χ4n) is 3.40. The van der Waals surface area contributed by atoms with E-state index in [0.29, 0.717) is 11.8 Å². The van der Waals surface area contributed by atoms with Crippen LogP contribution < -0.4 is 10.2 Å². The van der Waals surface area contributed by atoms with Gasteiger partial charge in [-0.3, -0.25) is 4.79 Å². The van der Waals surface area contributed by atoms with Crippen molar-refractivity contribution in [1.82, 2.24) is 10.2 Å². The molecule has 2 aliphatic rings. The molecule has 1 N–H and O–H groups in total. The summed E-state index contributed by atoms with van der Waals surface area (Å²) in [4.78, 5) is 17.1. The number of benzene rings is 1. The molecule has 120 valence electrons. The maximum absolute atomic E-state index is 12.6. The standard InChI is InChI=1S/C18H27N3O/c1-13-5-4-6-17(14(13)2)20-7-9-21(10-8-20)18(22)15(3)16-11-19-12-16/h4-6,15-16,19H,7-12H2,1-3H3. The lowest BCUT2D eigenvalue weighted by Gasteiger charge is -2.40. The zero-order chi connectivity index (χ0) is 15.7. The Morgan fingerprint density at radius 2 is 1.86 bits per heavy atom. The highest BCUT2D eigenvalue weighted by Gasteiger charge is 2.32. The molecule has 0 spiro atoms. The van der Waals surface area contributed by atoms with E-state index >= 15 is 0 Å². The summed E-state index contributed by atoms with van der Waals surface area (Å²) >= 11 is 0. The van der Waals surface area contributed by atoms with Crippen LogP contribution in [0.25, 0.3) is 0 Å². The molecule has 2 saturated heterocycles. The average Bonchev–Trinajstić information content (AvgIpc) is 2.48. The molecule has 0 radical (unpaired) electrons. The highest BCUT2D eigenvalue weighted by atomic mass is 16.2. The molecule has 2 heterocycles. The second-order valence-corrected chi connectivity index (χ2v) is 6.74. The molecule has 3 rings (SSSR count). The molecule has 1 aromatic rings. The Balaban J connectivity index is 1.60. The Hall–Kier alpha value is -1.55. The van der Waals surface area contributed by atoms with Crippen molar-refractivity contribution in [3.63, 3.8) is 0 Å². The van der Waals surface area contributed by atoms with E-state index in [0.717, 1.165) is 39.3 Å². The van der Waals surface area contributed by atoms with Gasteiger partial charge in [0.05, 0.1) is 0 Å². The summed E-state index contributed by atoms with van der Waals surface area (Å²) in [6, 6.07) is 6.48. The van der Waals surface area contributed by atoms with E-state index in [1.165, 1.54) is 16.8 Å². The number of hydrogen-bond donors (Lipinski definition) is 1. The van der Waals surface area contributed by atoms with Crippen LogP contribution in [0.15, 0.2) is 18.2 Å². The monoisotopic (exact) mass is 301 g/mol. The first kappa shape index (κ1) is 15.3. The lowest BCUT2D eigenvalue weighted by molar-refractivity contribution is -0.137. The van der Waals surface area contributed by atoms with Crippen molar-refractivity contribution < 1.29 is 4.79 Å². The number of nitrogens with zero attached hydrogens (tertiary/aromatic N) is 2. The zero-order valence-electron chi connectivity index (χ0n) is 13.9. The zero-order valence-corrected chi connectivity index (χ0v) is 13.9. The number of rotatable bonds is 3. The number of nitrogens with one attached hydrogen (secondary N) is 1. The molecule has 2 fully saturated rings. The Labute approximate surface area is 133 Å². The van der Waals surface area contributed by atoms with E-state index in [1.54, 1.807) is 0 Å². The molecule has 22 heavy (non-hydrogen) atoms. The van der Waals surface area contributed by atoms with E-state index in [2.05, 4.69) is 54.1 Å². The van der Waals surface area contributed by atoms with E-state index in [-0.39, 0.29) is 5.92 Å². The minimum atomic E-state index is 0.161. The lowest BCUT2D eigenvalue weighted by Crippen LogP contribution is -2.54. The lowest BCUT2D eigenvalue weighted by atomic mass is 9.88. The molecular weight excluding hydrogens is 274 g/mol. The van der Waals surface area contributed by atoms with Crippen molar-refractivity contribution >= 4 is 11.6 Å². The highest BCUT2D eigenvalue weighted by Crippen LogP contribution is 2.25. The molecule has 4 heteroatoms. The van der Waals surface area contributed by atoms with Crippen LogP contribution in [0.5, 0.6) is 0 Å². The molecule has 0 aliphatic carbocycles. The number of carbonyl (C=O) groups is 1. The average molecular weight is 301 g/mol. The van der Waals surface area contributed by atoms with Crippen LogP contribution in [-0.4, -0.2) is 50.1 Å². The van der Waals surface area contributed by atoms with Crippen molar-refractivity contribution in [1.29, 1.82) is 0 Å². The number of anilines is 1. The number of aryl methyl sites for hydroxylation is 1. The minimum absolute atomic E-state index is 0.161. The first-order valence-corrected chi connectivity index (χ1v) is 8.38. The summed E-state index contributed by atoms with van der Waals surface area (Å²) in [6.45, 7) is 12.0. The molecule has 0 saturated carbocycles. The summed E-state index contributed by atoms with van der Waals surface area (Å²) in [5.74, 6) is 1.03. The molecule has 1 aromatic carbocycles. The van der Waals surface area contributed by atoms with E-state index in [1.807, 2.05) is 0 Å². The number of hydrogen-bond acceptors (Lipinski definition) is 3. The summed E-state index contributed by atoms with van der Waals surface area (Å²) in [7, 11) is 0. The Bertz CT molecular complexity index is 545. The van der Waals surface area contributed by atoms with E-state index in [4.69, 9.17) is 0 Å². The van der Waals surface area contributed by atoms with Gasteiger partial charge in [0, 0.05) is 37.8 Å². The molecule has 1 amide bonds. The van der Waals surface area contributed by atoms with Crippen LogP contribution in [-0.2, 0) is 4.79 Å². The molecule has 1 atom stereocenters. The van der Waals surface area contributed by atoms with Gasteiger partial charge in [-0.05, 0) is 50.0 Å². The molecule has 0 bridgehead atoms. The van der Waals surface area contributed by atoms with Crippen LogP contribution in [0.1, 0.15) is 18.1 Å². The van der Waals surface area contributed by atoms with Gasteiger partial charge in [0.15, 0.2) is 0 Å². The number of carbonyl (C=O) groups excluding carboxylic acids is 1. The molecule has 0 aromatic heterocycles. The van der Waals surface area contributed by atoms with Gasteiger partial charge in [0.1, 0.15) is 0 Å². The molecule has 4 nitrogen and oxygen atoms in total. The van der Waals surface area contributed by atoms with Crippen molar-refractivity contribution in [2.75, 3.05) is 44.2 Å². The van der Waals surface area contributed by atoms with Gasteiger partial charge in [-0.2, -0.15) is 0 Å². The van der Waals surface area contributed by atoms with Gasteiger partial charge in [-0.1, -0.05) is 19.1 Å². The van der Waals surface area contributed by atoms with Crippen LogP contribution in [0.2, 0.25) is 0 Å². The van der Waals surface area contributed by atoms with Gasteiger partial charge < -0.3 is 15.1 Å². The van der Waals surface area contributed by atoms with Gasteiger partial charge in [-0.15, -0.1) is 0 Å². The van der Waals surface area contributed by atoms with Crippen LogP contribution in [0.4, 0.5) is 5.69 Å². The largest absolute Gasteiger partial charge is 0.368 e. The predicted octanol–water partition coefficient (Wildman–Crippen LogP) is 1.81. The number of amides is 1. The topological polar surface area (TPSA) is 35.6 Å². The van der Waals surface area contributed by atoms with Gasteiger partial charge in [-0.25, -0.2) is 0 Å². The summed E-state index contributed by atoms with van der Waals surface area (Å²) < 4.78 is 0. The smallest absolute Gasteiger partial charge is 0.225 e. The van der Waals surface area contributed by atoms with E-state index in [9.17, 15) is 4.79 Å². The van der Waals surface area contributed by atoms with E-state index < -0.39 is 0 Å². The molecule has 1 unspecified atom stereocenters. The number of piperazine rings is 1. The second-order valence-electron chi connectivity index (χ2n) is 6.74. The van der Waals surface area contributed by atoms with Crippen molar-refractivity contribution in [3.05, 3.63) is 29.3 Å². The SMILES string of the molecule is Cc1cccc(N2CCN(C(=O)C(C)C3CNC3)CC2)c1C. The Morgan fingerprint density at radius 3 is 2.45 bits per heavy atom. The van der Waals surface area contributed by atoms with Crippen LogP contribution >= 0.6 is 0 Å². The fourth-order valence-corrected chi connectivity index (χ4v) is 3.40. The quantitative estimate of drug-likeness (QED) is 0.925. The molecule has 2 aliphatic heterocycles. The second kappa shape index (κ2) is 6.29. The van der Waals surface area contributed by atoms with Crippen LogP contribution in [0.3, 0.4) is 0 Å².